The molecule has 0 radical (unpaired) electrons. The molecule has 11 nitrogen and oxygen atoms in total. The van der Waals surface area contributed by atoms with Gasteiger partial charge >= 0.3 is 5.97 Å². The number of aliphatic carboxylic acids is 1. The van der Waals surface area contributed by atoms with E-state index in [1.165, 1.54) is 4.90 Å². The van der Waals surface area contributed by atoms with E-state index in [1.807, 2.05) is 84.9 Å². The van der Waals surface area contributed by atoms with E-state index in [-0.39, 0.29) is 35.5 Å². The molecule has 3 aromatic carbocycles. The normalized spacial score (nSPS) is 22.3. The minimum absolute atomic E-state index is 0.149. The molecular weight excluding hydrogens is 729 g/mol. The second kappa shape index (κ2) is 19.8. The van der Waals surface area contributed by atoms with Crippen LogP contribution in [0, 0.1) is 11.8 Å². The number of ether oxygens (including phenoxy) is 1. The van der Waals surface area contributed by atoms with E-state index in [2.05, 4.69) is 10.6 Å². The van der Waals surface area contributed by atoms with Crippen molar-refractivity contribution < 1.29 is 33.8 Å². The summed E-state index contributed by atoms with van der Waals surface area (Å²) in [6, 6.07) is 24.7. The van der Waals surface area contributed by atoms with Crippen molar-refractivity contribution in [1.82, 2.24) is 20.4 Å². The summed E-state index contributed by atoms with van der Waals surface area (Å²) >= 11 is 1.58. The van der Waals surface area contributed by atoms with Crippen LogP contribution in [0.2, 0.25) is 0 Å². The molecule has 0 aliphatic carbocycles. The average molecular weight is 783 g/mol. The van der Waals surface area contributed by atoms with Crippen molar-refractivity contribution >= 4 is 41.4 Å². The van der Waals surface area contributed by atoms with Crippen LogP contribution in [0.3, 0.4) is 0 Å². The molecule has 3 heterocycles. The zero-order valence-corrected chi connectivity index (χ0v) is 33.0. The van der Waals surface area contributed by atoms with Crippen LogP contribution in [0.15, 0.2) is 84.9 Å². The Balaban J connectivity index is 1.28. The van der Waals surface area contributed by atoms with Crippen molar-refractivity contribution in [3.8, 4) is 5.75 Å². The molecule has 0 bridgehead atoms. The van der Waals surface area contributed by atoms with Crippen LogP contribution in [0.25, 0.3) is 0 Å². The Morgan fingerprint density at radius 2 is 1.54 bits per heavy atom. The number of rotatable bonds is 15. The Hall–Kier alpha value is -4.84. The molecule has 6 atom stereocenters. The molecular formula is C44H54N4O7S. The lowest BCUT2D eigenvalue weighted by atomic mass is 9.86. The second-order valence-electron chi connectivity index (χ2n) is 15.2. The zero-order chi connectivity index (χ0) is 39.4. The SMILES string of the molecule is COc1cccc(CN(C(=O)[C@H](CC[C@H](Cc2ccccc2)C(=O)NC2CCSC3CCCC(C(=O)O)N3C2=O)Cc2ccccc2)[C@H]2CCCCNC2=O)c1. The van der Waals surface area contributed by atoms with E-state index >= 15 is 4.79 Å². The summed E-state index contributed by atoms with van der Waals surface area (Å²) in [5.41, 5.74) is 2.78. The number of hydrogen-bond acceptors (Lipinski definition) is 7. The largest absolute Gasteiger partial charge is 0.497 e. The Bertz CT molecular complexity index is 1810. The Labute approximate surface area is 333 Å². The number of piperidine rings is 1. The van der Waals surface area contributed by atoms with Crippen LogP contribution in [0.1, 0.15) is 74.5 Å². The third-order valence-electron chi connectivity index (χ3n) is 11.3. The highest BCUT2D eigenvalue weighted by Crippen LogP contribution is 2.35. The predicted octanol–water partition coefficient (Wildman–Crippen LogP) is 5.60. The smallest absolute Gasteiger partial charge is 0.326 e. The molecule has 3 N–H and O–H groups in total. The molecule has 12 heteroatoms. The van der Waals surface area contributed by atoms with Gasteiger partial charge in [0.15, 0.2) is 0 Å². The third-order valence-corrected chi connectivity index (χ3v) is 12.7. The van der Waals surface area contributed by atoms with Gasteiger partial charge in [-0.1, -0.05) is 72.8 Å². The highest BCUT2D eigenvalue weighted by atomic mass is 32.2. The molecule has 3 aliphatic heterocycles. The summed E-state index contributed by atoms with van der Waals surface area (Å²) in [4.78, 5) is 72.4. The number of hydrogen-bond donors (Lipinski definition) is 3. The predicted molar refractivity (Wildman–Crippen MR) is 216 cm³/mol. The van der Waals surface area contributed by atoms with Crippen LogP contribution >= 0.6 is 11.8 Å². The Kier molecular flexibility index (Phi) is 14.5. The van der Waals surface area contributed by atoms with E-state index in [4.69, 9.17) is 4.74 Å². The van der Waals surface area contributed by atoms with Gasteiger partial charge in [0.2, 0.25) is 23.6 Å². The Morgan fingerprint density at radius 3 is 2.23 bits per heavy atom. The summed E-state index contributed by atoms with van der Waals surface area (Å²) in [6.45, 7) is 0.793. The molecule has 3 saturated heterocycles. The zero-order valence-electron chi connectivity index (χ0n) is 32.1. The number of amides is 4. The first kappa shape index (κ1) is 40.8. The molecule has 3 fully saturated rings. The summed E-state index contributed by atoms with van der Waals surface area (Å²) in [5.74, 6) is -1.80. The first-order chi connectivity index (χ1) is 27.2. The van der Waals surface area contributed by atoms with Gasteiger partial charge in [0.1, 0.15) is 23.9 Å². The Morgan fingerprint density at radius 1 is 0.857 bits per heavy atom. The molecule has 0 saturated carbocycles. The summed E-state index contributed by atoms with van der Waals surface area (Å²) in [5, 5.41) is 15.8. The number of benzene rings is 3. The highest BCUT2D eigenvalue weighted by molar-refractivity contribution is 7.99. The van der Waals surface area contributed by atoms with Gasteiger partial charge in [0.25, 0.3) is 0 Å². The van der Waals surface area contributed by atoms with Crippen molar-refractivity contribution in [3.63, 3.8) is 0 Å². The van der Waals surface area contributed by atoms with Crippen molar-refractivity contribution in [1.29, 1.82) is 0 Å². The maximum atomic E-state index is 15.0. The lowest BCUT2D eigenvalue weighted by Gasteiger charge is -2.39. The maximum absolute atomic E-state index is 15.0. The van der Waals surface area contributed by atoms with Gasteiger partial charge in [0.05, 0.1) is 12.5 Å². The summed E-state index contributed by atoms with van der Waals surface area (Å²) in [7, 11) is 1.60. The number of methoxy groups -OCH3 is 1. The van der Waals surface area contributed by atoms with Gasteiger partial charge in [-0.05, 0) is 105 Å². The van der Waals surface area contributed by atoms with Crippen LogP contribution in [0.4, 0.5) is 0 Å². The number of fused-ring (bicyclic) bond motifs is 1. The minimum Gasteiger partial charge on any atom is -0.497 e. The van der Waals surface area contributed by atoms with Gasteiger partial charge in [-0.2, -0.15) is 0 Å². The molecule has 4 amide bonds. The van der Waals surface area contributed by atoms with E-state index in [9.17, 15) is 24.3 Å². The number of thioether (sulfide) groups is 1. The lowest BCUT2D eigenvalue weighted by molar-refractivity contribution is -0.154. The van der Waals surface area contributed by atoms with Crippen LogP contribution in [-0.2, 0) is 43.4 Å². The van der Waals surface area contributed by atoms with E-state index in [1.54, 1.807) is 23.8 Å². The first-order valence-electron chi connectivity index (χ1n) is 20.0. The quantitative estimate of drug-likeness (QED) is 0.181. The van der Waals surface area contributed by atoms with Crippen LogP contribution in [-0.4, -0.2) is 87.4 Å². The van der Waals surface area contributed by atoms with Gasteiger partial charge in [0, 0.05) is 24.9 Å². The number of nitrogens with zero attached hydrogens (tertiary/aromatic N) is 2. The highest BCUT2D eigenvalue weighted by Gasteiger charge is 2.43. The lowest BCUT2D eigenvalue weighted by Crippen LogP contribution is -2.57. The van der Waals surface area contributed by atoms with Gasteiger partial charge in [-0.3, -0.25) is 19.2 Å². The number of carboxylic acid groups (broad SMARTS) is 1. The number of carboxylic acids is 1. The van der Waals surface area contributed by atoms with Crippen molar-refractivity contribution in [3.05, 3.63) is 102 Å². The fourth-order valence-corrected chi connectivity index (χ4v) is 9.71. The van der Waals surface area contributed by atoms with E-state index < -0.39 is 35.9 Å². The van der Waals surface area contributed by atoms with Gasteiger partial charge < -0.3 is 30.3 Å². The van der Waals surface area contributed by atoms with E-state index in [0.717, 1.165) is 42.4 Å². The van der Waals surface area contributed by atoms with Crippen LogP contribution in [0.5, 0.6) is 5.75 Å². The topological polar surface area (TPSA) is 145 Å². The van der Waals surface area contributed by atoms with Gasteiger partial charge in [-0.15, -0.1) is 11.8 Å². The van der Waals surface area contributed by atoms with E-state index in [0.29, 0.717) is 63.0 Å². The number of nitrogens with one attached hydrogen (secondary N) is 2. The number of carbonyl (C=O) groups is 5. The molecule has 56 heavy (non-hydrogen) atoms. The maximum Gasteiger partial charge on any atom is 0.326 e. The van der Waals surface area contributed by atoms with Crippen molar-refractivity contribution in [2.45, 2.75) is 101 Å². The molecule has 298 valence electrons. The first-order valence-corrected chi connectivity index (χ1v) is 21.0. The molecule has 6 rings (SSSR count). The minimum atomic E-state index is -1.02. The monoisotopic (exact) mass is 782 g/mol. The van der Waals surface area contributed by atoms with Crippen molar-refractivity contribution in [2.75, 3.05) is 19.4 Å². The molecule has 0 spiro atoms. The standard InChI is InChI=1S/C44H54N4O7S/c1-55-35-17-10-16-32(28-35)29-47(37-18-8-9-24-45-41(37)50)42(51)34(27-31-14-6-3-7-15-31)22-21-33(26-30-12-4-2-5-13-30)40(49)46-36-23-25-56-39-20-11-19-38(44(53)54)48(39)43(36)52/h2-7,10,12-17,28,33-34,36-39H,8-9,11,18-27,29H2,1H3,(H,45,50)(H,46,49)(H,53,54)/t33-,34-,36?,37+,38?,39?/m1/s1. The molecule has 3 aliphatic rings. The molecule has 3 aromatic rings. The number of carbonyl (C=O) groups excluding carboxylic acids is 4. The summed E-state index contributed by atoms with van der Waals surface area (Å²) in [6.07, 6.45) is 6.00. The molecule has 0 aromatic heterocycles. The van der Waals surface area contributed by atoms with Gasteiger partial charge in [-0.25, -0.2) is 4.79 Å². The van der Waals surface area contributed by atoms with Crippen molar-refractivity contribution in [2.24, 2.45) is 11.8 Å². The average Bonchev–Trinajstić information content (AvgIpc) is 3.53. The second-order valence-corrected chi connectivity index (χ2v) is 16.5. The fraction of sp³-hybridized carbons (Fsp3) is 0.477. The fourth-order valence-electron chi connectivity index (χ4n) is 8.32. The summed E-state index contributed by atoms with van der Waals surface area (Å²) < 4.78 is 5.48. The molecule has 3 unspecified atom stereocenters. The third kappa shape index (κ3) is 10.5. The van der Waals surface area contributed by atoms with Crippen LogP contribution < -0.4 is 15.4 Å².